The topological polar surface area (TPSA) is 133 Å². The van der Waals surface area contributed by atoms with E-state index in [9.17, 15) is 19.5 Å². The predicted molar refractivity (Wildman–Crippen MR) is 67.7 cm³/mol. The van der Waals surface area contributed by atoms with Gasteiger partial charge in [-0.1, -0.05) is 0 Å². The van der Waals surface area contributed by atoms with Gasteiger partial charge in [-0.15, -0.1) is 0 Å². The molecule has 0 spiro atoms. The van der Waals surface area contributed by atoms with Crippen LogP contribution in [-0.2, 0) is 9.59 Å². The van der Waals surface area contributed by atoms with Crippen LogP contribution in [0.5, 0.6) is 0 Å². The average Bonchev–Trinajstić information content (AvgIpc) is 2.60. The summed E-state index contributed by atoms with van der Waals surface area (Å²) in [5.74, 6) is -2.07. The lowest BCUT2D eigenvalue weighted by Gasteiger charge is -2.37. The Morgan fingerprint density at radius 3 is 2.25 bits per heavy atom. The maximum atomic E-state index is 12.2. The second-order valence-corrected chi connectivity index (χ2v) is 5.43. The lowest BCUT2D eigenvalue weighted by molar-refractivity contribution is -0.141. The maximum Gasteiger partial charge on any atom is 0.326 e. The van der Waals surface area contributed by atoms with Crippen molar-refractivity contribution < 1.29 is 24.6 Å². The number of carboxylic acid groups (broad SMARTS) is 1. The fraction of sp³-hybridized carbons (Fsp3) is 0.750. The number of nitrogens with one attached hydrogen (secondary N) is 1. The number of nitrogens with zero attached hydrogens (tertiary/aromatic N) is 1. The zero-order valence-electron chi connectivity index (χ0n) is 11.0. The fourth-order valence-electron chi connectivity index (χ4n) is 3.10. The van der Waals surface area contributed by atoms with Crippen LogP contribution in [0.1, 0.15) is 32.1 Å². The highest BCUT2D eigenvalue weighted by Gasteiger charge is 2.43. The van der Waals surface area contributed by atoms with Crippen molar-refractivity contribution in [1.82, 2.24) is 10.2 Å². The van der Waals surface area contributed by atoms with Crippen LogP contribution in [0.15, 0.2) is 0 Å². The number of hydrogen-bond acceptors (Lipinski definition) is 4. The number of piperidine rings is 1. The molecule has 8 heteroatoms. The van der Waals surface area contributed by atoms with Gasteiger partial charge in [-0.2, -0.15) is 0 Å². The van der Waals surface area contributed by atoms with Crippen molar-refractivity contribution in [3.63, 3.8) is 0 Å². The molecule has 0 radical (unpaired) electrons. The molecule has 3 amide bonds. The van der Waals surface area contributed by atoms with Gasteiger partial charge in [0.2, 0.25) is 5.91 Å². The molecule has 112 valence electrons. The number of aliphatic hydroxyl groups is 1. The Labute approximate surface area is 115 Å². The summed E-state index contributed by atoms with van der Waals surface area (Å²) >= 11 is 0. The van der Waals surface area contributed by atoms with E-state index in [0.29, 0.717) is 12.8 Å². The molecule has 5 N–H and O–H groups in total. The minimum atomic E-state index is -1.31. The number of aliphatic hydroxyl groups excluding tert-OH is 1. The number of rotatable bonds is 4. The van der Waals surface area contributed by atoms with Gasteiger partial charge in [-0.05, 0) is 25.7 Å². The van der Waals surface area contributed by atoms with Crippen molar-refractivity contribution in [3.05, 3.63) is 0 Å². The van der Waals surface area contributed by atoms with Crippen LogP contribution in [0.4, 0.5) is 4.79 Å². The number of carboxylic acids is 1. The second-order valence-electron chi connectivity index (χ2n) is 5.43. The summed E-state index contributed by atoms with van der Waals surface area (Å²) in [6.45, 7) is 0. The monoisotopic (exact) mass is 285 g/mol. The van der Waals surface area contributed by atoms with E-state index in [-0.39, 0.29) is 12.1 Å². The first-order valence-electron chi connectivity index (χ1n) is 6.66. The summed E-state index contributed by atoms with van der Waals surface area (Å²) in [4.78, 5) is 35.6. The van der Waals surface area contributed by atoms with E-state index in [1.54, 1.807) is 4.90 Å². The van der Waals surface area contributed by atoms with E-state index in [1.807, 2.05) is 0 Å². The highest BCUT2D eigenvalue weighted by molar-refractivity contribution is 5.87. The molecule has 2 saturated heterocycles. The third kappa shape index (κ3) is 3.01. The van der Waals surface area contributed by atoms with Crippen molar-refractivity contribution in [2.45, 2.75) is 56.3 Å². The average molecular weight is 285 g/mol. The number of nitrogens with two attached hydrogens (primary N) is 1. The van der Waals surface area contributed by atoms with E-state index >= 15 is 0 Å². The molecule has 20 heavy (non-hydrogen) atoms. The Morgan fingerprint density at radius 2 is 1.80 bits per heavy atom. The molecule has 0 aliphatic carbocycles. The third-order valence-electron chi connectivity index (χ3n) is 3.94. The summed E-state index contributed by atoms with van der Waals surface area (Å²) < 4.78 is 0. The van der Waals surface area contributed by atoms with Crippen LogP contribution in [0.25, 0.3) is 0 Å². The number of hydrogen-bond donors (Lipinski definition) is 4. The van der Waals surface area contributed by atoms with Crippen molar-refractivity contribution in [3.8, 4) is 0 Å². The molecule has 2 aliphatic heterocycles. The van der Waals surface area contributed by atoms with E-state index in [4.69, 9.17) is 10.8 Å². The maximum absolute atomic E-state index is 12.2. The standard InChI is InChI=1S/C12H19N3O5/c13-10(17)5-9(11(18)19)14-12(20)15-6-1-2-7(15)4-8(16)3-6/h6-9,16H,1-5H2,(H2,13,17)(H,14,20)(H,18,19). The van der Waals surface area contributed by atoms with Gasteiger partial charge in [0.15, 0.2) is 0 Å². The first-order valence-corrected chi connectivity index (χ1v) is 6.66. The van der Waals surface area contributed by atoms with Crippen LogP contribution >= 0.6 is 0 Å². The molecule has 0 aromatic rings. The van der Waals surface area contributed by atoms with Crippen molar-refractivity contribution >= 4 is 17.9 Å². The molecule has 0 aromatic carbocycles. The Hall–Kier alpha value is -1.83. The van der Waals surface area contributed by atoms with Gasteiger partial charge >= 0.3 is 12.0 Å². The molecular formula is C12H19N3O5. The van der Waals surface area contributed by atoms with Crippen LogP contribution in [0.2, 0.25) is 0 Å². The Bertz CT molecular complexity index is 413. The highest BCUT2D eigenvalue weighted by atomic mass is 16.4. The van der Waals surface area contributed by atoms with Gasteiger partial charge < -0.3 is 26.2 Å². The van der Waals surface area contributed by atoms with Gasteiger partial charge in [0.05, 0.1) is 12.5 Å². The third-order valence-corrected chi connectivity index (χ3v) is 3.94. The van der Waals surface area contributed by atoms with E-state index in [2.05, 4.69) is 5.32 Å². The lowest BCUT2D eigenvalue weighted by atomic mass is 10.0. The number of fused-ring (bicyclic) bond motifs is 2. The second kappa shape index (κ2) is 5.66. The van der Waals surface area contributed by atoms with Crippen molar-refractivity contribution in [2.24, 2.45) is 5.73 Å². The molecule has 3 atom stereocenters. The SMILES string of the molecule is NC(=O)CC(NC(=O)N1C2CCC1CC(O)C2)C(=O)O. The number of carbonyl (C=O) groups excluding carboxylic acids is 2. The van der Waals surface area contributed by atoms with Gasteiger partial charge in [0.25, 0.3) is 0 Å². The van der Waals surface area contributed by atoms with E-state index in [1.165, 1.54) is 0 Å². The minimum Gasteiger partial charge on any atom is -0.480 e. The molecule has 0 aromatic heterocycles. The fourth-order valence-corrected chi connectivity index (χ4v) is 3.10. The number of carbonyl (C=O) groups is 3. The van der Waals surface area contributed by atoms with E-state index in [0.717, 1.165) is 12.8 Å². The largest absolute Gasteiger partial charge is 0.480 e. The predicted octanol–water partition coefficient (Wildman–Crippen LogP) is -0.988. The van der Waals surface area contributed by atoms with Crippen LogP contribution in [0.3, 0.4) is 0 Å². The molecule has 8 nitrogen and oxygen atoms in total. The molecular weight excluding hydrogens is 266 g/mol. The van der Waals surface area contributed by atoms with Crippen molar-refractivity contribution in [1.29, 1.82) is 0 Å². The normalized spacial score (nSPS) is 29.9. The number of primary amides is 1. The number of urea groups is 1. The summed E-state index contributed by atoms with van der Waals surface area (Å²) in [5.41, 5.74) is 4.97. The molecule has 2 fully saturated rings. The number of amides is 3. The summed E-state index contributed by atoms with van der Waals surface area (Å²) in [6.07, 6.45) is 1.80. The first-order chi connectivity index (χ1) is 9.38. The van der Waals surface area contributed by atoms with Crippen LogP contribution < -0.4 is 11.1 Å². The molecule has 0 saturated carbocycles. The molecule has 2 rings (SSSR count). The van der Waals surface area contributed by atoms with Gasteiger partial charge in [-0.3, -0.25) is 4.79 Å². The summed E-state index contributed by atoms with van der Waals surface area (Å²) in [6, 6.07) is -1.94. The lowest BCUT2D eigenvalue weighted by Crippen LogP contribution is -2.55. The van der Waals surface area contributed by atoms with Crippen LogP contribution in [-0.4, -0.2) is 57.3 Å². The molecule has 2 bridgehead atoms. The molecule has 2 heterocycles. The smallest absolute Gasteiger partial charge is 0.326 e. The number of aliphatic carboxylic acids is 1. The van der Waals surface area contributed by atoms with E-state index < -0.39 is 36.5 Å². The first kappa shape index (κ1) is 14.6. The summed E-state index contributed by atoms with van der Waals surface area (Å²) in [7, 11) is 0. The highest BCUT2D eigenvalue weighted by Crippen LogP contribution is 2.35. The van der Waals surface area contributed by atoms with Gasteiger partial charge in [0.1, 0.15) is 6.04 Å². The van der Waals surface area contributed by atoms with Gasteiger partial charge in [0, 0.05) is 12.1 Å². The Kier molecular flexibility index (Phi) is 4.12. The summed E-state index contributed by atoms with van der Waals surface area (Å²) in [5, 5.41) is 21.0. The zero-order chi connectivity index (χ0) is 14.9. The minimum absolute atomic E-state index is 0.0632. The quantitative estimate of drug-likeness (QED) is 0.526. The molecule has 3 unspecified atom stereocenters. The Balaban J connectivity index is 2.00. The Morgan fingerprint density at radius 1 is 1.25 bits per heavy atom. The van der Waals surface area contributed by atoms with Crippen molar-refractivity contribution in [2.75, 3.05) is 0 Å². The van der Waals surface area contributed by atoms with Gasteiger partial charge in [-0.25, -0.2) is 9.59 Å². The molecule has 2 aliphatic rings. The zero-order valence-corrected chi connectivity index (χ0v) is 11.0. The van der Waals surface area contributed by atoms with Crippen LogP contribution in [0, 0.1) is 0 Å².